The zero-order valence-corrected chi connectivity index (χ0v) is 11.4. The molecular weight excluding hydrogens is 300 g/mol. The van der Waals surface area contributed by atoms with Gasteiger partial charge >= 0.3 is 0 Å². The Balaban J connectivity index is 2.17. The van der Waals surface area contributed by atoms with Gasteiger partial charge in [0.05, 0.1) is 0 Å². The van der Waals surface area contributed by atoms with Gasteiger partial charge in [-0.05, 0) is 25.3 Å². The predicted molar refractivity (Wildman–Crippen MR) is 72.2 cm³/mol. The van der Waals surface area contributed by atoms with Gasteiger partial charge in [0, 0.05) is 21.3 Å². The lowest BCUT2D eigenvalue weighted by Gasteiger charge is -2.07. The molecule has 0 atom stereocenters. The third-order valence-electron chi connectivity index (χ3n) is 3.00. The lowest BCUT2D eigenvalue weighted by Crippen LogP contribution is -1.97. The molecule has 3 rings (SSSR count). The number of nitrogens with zero attached hydrogens (tertiary/aromatic N) is 2. The summed E-state index contributed by atoms with van der Waals surface area (Å²) in [7, 11) is 0. The Bertz CT molecular complexity index is 584. The highest BCUT2D eigenvalue weighted by Crippen LogP contribution is 2.31. The van der Waals surface area contributed by atoms with E-state index in [9.17, 15) is 0 Å². The van der Waals surface area contributed by atoms with Crippen molar-refractivity contribution in [3.05, 3.63) is 45.1 Å². The van der Waals surface area contributed by atoms with Crippen LogP contribution in [0.3, 0.4) is 0 Å². The maximum absolute atomic E-state index is 6.21. The van der Waals surface area contributed by atoms with Crippen molar-refractivity contribution in [1.29, 1.82) is 0 Å². The van der Waals surface area contributed by atoms with E-state index >= 15 is 0 Å². The zero-order chi connectivity index (χ0) is 11.8. The first-order chi connectivity index (χ1) is 8.25. The average molecular weight is 310 g/mol. The van der Waals surface area contributed by atoms with Crippen molar-refractivity contribution in [3.63, 3.8) is 0 Å². The summed E-state index contributed by atoms with van der Waals surface area (Å²) in [6.07, 6.45) is 3.14. The molecule has 0 saturated carbocycles. The Morgan fingerprint density at radius 1 is 1.12 bits per heavy atom. The van der Waals surface area contributed by atoms with Gasteiger partial charge in [-0.3, -0.25) is 0 Å². The Morgan fingerprint density at radius 3 is 2.76 bits per heavy atom. The molecule has 0 bridgehead atoms. The normalized spacial score (nSPS) is 13.8. The first-order valence-electron chi connectivity index (χ1n) is 5.56. The number of hydrogen-bond acceptors (Lipinski definition) is 2. The van der Waals surface area contributed by atoms with Crippen molar-refractivity contribution in [1.82, 2.24) is 9.97 Å². The second-order valence-electron chi connectivity index (χ2n) is 4.10. The van der Waals surface area contributed by atoms with Crippen molar-refractivity contribution >= 4 is 27.5 Å². The Hall–Kier alpha value is -0.930. The van der Waals surface area contributed by atoms with Crippen LogP contribution in [0.1, 0.15) is 17.7 Å². The van der Waals surface area contributed by atoms with Crippen LogP contribution in [0, 0.1) is 0 Å². The molecule has 0 N–H and O–H groups in total. The highest BCUT2D eigenvalue weighted by molar-refractivity contribution is 9.10. The maximum atomic E-state index is 6.21. The first kappa shape index (κ1) is 11.2. The van der Waals surface area contributed by atoms with E-state index in [-0.39, 0.29) is 0 Å². The molecule has 1 aliphatic rings. The molecule has 1 aromatic heterocycles. The van der Waals surface area contributed by atoms with Gasteiger partial charge in [0.2, 0.25) is 0 Å². The summed E-state index contributed by atoms with van der Waals surface area (Å²) in [4.78, 5) is 9.02. The lowest BCUT2D eigenvalue weighted by molar-refractivity contribution is 0.900. The van der Waals surface area contributed by atoms with Crippen molar-refractivity contribution in [2.75, 3.05) is 0 Å². The quantitative estimate of drug-likeness (QED) is 0.743. The Kier molecular flexibility index (Phi) is 2.89. The van der Waals surface area contributed by atoms with E-state index in [1.54, 1.807) is 0 Å². The molecule has 4 heteroatoms. The standard InChI is InChI=1S/C13H10BrClN2/c14-10-6-2-1-4-8(10)13-16-11-7-3-5-9(11)12(15)17-13/h1-2,4,6H,3,5,7H2. The number of fused-ring (bicyclic) bond motifs is 1. The number of aromatic nitrogens is 2. The highest BCUT2D eigenvalue weighted by atomic mass is 79.9. The summed E-state index contributed by atoms with van der Waals surface area (Å²) in [5.41, 5.74) is 3.22. The second-order valence-corrected chi connectivity index (χ2v) is 5.31. The molecule has 0 unspecified atom stereocenters. The summed E-state index contributed by atoms with van der Waals surface area (Å²) in [5.74, 6) is 0.711. The van der Waals surface area contributed by atoms with Gasteiger partial charge in [-0.1, -0.05) is 45.7 Å². The van der Waals surface area contributed by atoms with Crippen LogP contribution in [0.15, 0.2) is 28.7 Å². The smallest absolute Gasteiger partial charge is 0.162 e. The van der Waals surface area contributed by atoms with Crippen LogP contribution in [0.2, 0.25) is 5.15 Å². The van der Waals surface area contributed by atoms with E-state index in [4.69, 9.17) is 11.6 Å². The molecule has 2 nitrogen and oxygen atoms in total. The third kappa shape index (κ3) is 1.98. The molecule has 86 valence electrons. The van der Waals surface area contributed by atoms with Crippen molar-refractivity contribution < 1.29 is 0 Å². The predicted octanol–water partition coefficient (Wildman–Crippen LogP) is 4.05. The van der Waals surface area contributed by atoms with Crippen LogP contribution in [0.4, 0.5) is 0 Å². The molecule has 0 radical (unpaired) electrons. The minimum Gasteiger partial charge on any atom is -0.233 e. The topological polar surface area (TPSA) is 25.8 Å². The fourth-order valence-electron chi connectivity index (χ4n) is 2.15. The number of aryl methyl sites for hydroxylation is 1. The fourth-order valence-corrected chi connectivity index (χ4v) is 2.90. The van der Waals surface area contributed by atoms with Gasteiger partial charge < -0.3 is 0 Å². The van der Waals surface area contributed by atoms with Gasteiger partial charge in [-0.2, -0.15) is 0 Å². The monoisotopic (exact) mass is 308 g/mol. The van der Waals surface area contributed by atoms with Crippen molar-refractivity contribution in [2.24, 2.45) is 0 Å². The minimum absolute atomic E-state index is 0.609. The van der Waals surface area contributed by atoms with Crippen molar-refractivity contribution in [3.8, 4) is 11.4 Å². The second kappa shape index (κ2) is 4.39. The SMILES string of the molecule is Clc1nc(-c2ccccc2Br)nc2c1CCC2. The molecule has 1 aliphatic carbocycles. The molecule has 2 aromatic rings. The molecule has 0 fully saturated rings. The van der Waals surface area contributed by atoms with E-state index in [2.05, 4.69) is 25.9 Å². The summed E-state index contributed by atoms with van der Waals surface area (Å²) < 4.78 is 0.994. The van der Waals surface area contributed by atoms with Gasteiger partial charge in [-0.25, -0.2) is 9.97 Å². The van der Waals surface area contributed by atoms with E-state index < -0.39 is 0 Å². The van der Waals surface area contributed by atoms with E-state index in [0.717, 1.165) is 40.6 Å². The van der Waals surface area contributed by atoms with Crippen molar-refractivity contribution in [2.45, 2.75) is 19.3 Å². The molecule has 0 aliphatic heterocycles. The molecule has 0 saturated heterocycles. The van der Waals surface area contributed by atoms with Crippen LogP contribution >= 0.6 is 27.5 Å². The molecule has 1 aromatic carbocycles. The van der Waals surface area contributed by atoms with Crippen LogP contribution in [0.5, 0.6) is 0 Å². The molecule has 1 heterocycles. The largest absolute Gasteiger partial charge is 0.233 e. The lowest BCUT2D eigenvalue weighted by atomic mass is 10.2. The average Bonchev–Trinajstić information content (AvgIpc) is 2.78. The molecular formula is C13H10BrClN2. The number of rotatable bonds is 1. The van der Waals surface area contributed by atoms with Gasteiger partial charge in [0.15, 0.2) is 5.82 Å². The molecule has 17 heavy (non-hydrogen) atoms. The summed E-state index contributed by atoms with van der Waals surface area (Å²) in [6, 6.07) is 7.93. The highest BCUT2D eigenvalue weighted by Gasteiger charge is 2.19. The summed E-state index contributed by atoms with van der Waals surface area (Å²) >= 11 is 9.73. The van der Waals surface area contributed by atoms with E-state index in [0.29, 0.717) is 11.0 Å². The Labute approximate surface area is 113 Å². The Morgan fingerprint density at radius 2 is 1.94 bits per heavy atom. The van der Waals surface area contributed by atoms with Crippen LogP contribution in [0.25, 0.3) is 11.4 Å². The van der Waals surface area contributed by atoms with Gasteiger partial charge in [-0.15, -0.1) is 0 Å². The van der Waals surface area contributed by atoms with E-state index in [1.165, 1.54) is 0 Å². The number of hydrogen-bond donors (Lipinski definition) is 0. The molecule has 0 amide bonds. The molecule has 0 spiro atoms. The number of benzene rings is 1. The van der Waals surface area contributed by atoms with Gasteiger partial charge in [0.1, 0.15) is 5.15 Å². The maximum Gasteiger partial charge on any atom is 0.162 e. The number of halogens is 2. The summed E-state index contributed by atoms with van der Waals surface area (Å²) in [6.45, 7) is 0. The third-order valence-corrected chi connectivity index (χ3v) is 4.00. The van der Waals surface area contributed by atoms with Crippen LogP contribution in [-0.2, 0) is 12.8 Å². The van der Waals surface area contributed by atoms with Crippen LogP contribution in [-0.4, -0.2) is 9.97 Å². The van der Waals surface area contributed by atoms with Crippen LogP contribution < -0.4 is 0 Å². The minimum atomic E-state index is 0.609. The van der Waals surface area contributed by atoms with Gasteiger partial charge in [0.25, 0.3) is 0 Å². The zero-order valence-electron chi connectivity index (χ0n) is 9.08. The van der Waals surface area contributed by atoms with E-state index in [1.807, 2.05) is 24.3 Å². The first-order valence-corrected chi connectivity index (χ1v) is 6.73. The fraction of sp³-hybridized carbons (Fsp3) is 0.231. The summed E-state index contributed by atoms with van der Waals surface area (Å²) in [5, 5.41) is 0.609.